The van der Waals surface area contributed by atoms with Crippen LogP contribution in [0.2, 0.25) is 0 Å². The normalized spacial score (nSPS) is 10.1. The highest BCUT2D eigenvalue weighted by atomic mass is 16.4. The molecule has 0 unspecified atom stereocenters. The van der Waals surface area contributed by atoms with Gasteiger partial charge in [-0.2, -0.15) is 0 Å². The summed E-state index contributed by atoms with van der Waals surface area (Å²) in [5, 5.41) is 8.96. The number of nitrogens with zero attached hydrogens (tertiary/aromatic N) is 1. The van der Waals surface area contributed by atoms with Crippen LogP contribution in [0.5, 0.6) is 0 Å². The molecular formula is C10H8N2O3. The maximum absolute atomic E-state index is 10.9. The number of nitrogens with two attached hydrogens (primary N) is 1. The number of oxazole rings is 1. The lowest BCUT2D eigenvalue weighted by molar-refractivity contribution is 0.0697. The van der Waals surface area contributed by atoms with Crippen LogP contribution in [0.15, 0.2) is 35.1 Å². The molecule has 0 bridgehead atoms. The highest BCUT2D eigenvalue weighted by Crippen LogP contribution is 2.24. The maximum atomic E-state index is 10.9. The molecule has 0 aliphatic heterocycles. The second kappa shape index (κ2) is 3.45. The summed E-state index contributed by atoms with van der Waals surface area (Å²) in [4.78, 5) is 14.8. The van der Waals surface area contributed by atoms with Gasteiger partial charge in [-0.3, -0.25) is 0 Å². The number of hydrogen-bond donors (Lipinski definition) is 2. The molecule has 1 aromatic heterocycles. The Morgan fingerprint density at radius 3 is 2.87 bits per heavy atom. The smallest absolute Gasteiger partial charge is 0.336 e. The van der Waals surface area contributed by atoms with Crippen molar-refractivity contribution in [2.24, 2.45) is 0 Å². The van der Waals surface area contributed by atoms with Gasteiger partial charge in [0.25, 0.3) is 0 Å². The van der Waals surface area contributed by atoms with Crippen molar-refractivity contribution in [2.45, 2.75) is 0 Å². The number of aromatic nitrogens is 1. The summed E-state index contributed by atoms with van der Waals surface area (Å²) in [6, 6.07) is 4.55. The number of carbonyl (C=O) groups is 1. The van der Waals surface area contributed by atoms with Crippen LogP contribution in [-0.2, 0) is 0 Å². The Hall–Kier alpha value is -2.30. The predicted octanol–water partition coefficient (Wildman–Crippen LogP) is 1.62. The average Bonchev–Trinajstić information content (AvgIpc) is 2.70. The molecule has 0 amide bonds. The molecule has 1 heterocycles. The Balaban J connectivity index is 2.61. The van der Waals surface area contributed by atoms with Gasteiger partial charge in [-0.1, -0.05) is 0 Å². The van der Waals surface area contributed by atoms with Crippen molar-refractivity contribution >= 4 is 11.7 Å². The lowest BCUT2D eigenvalue weighted by Gasteiger charge is -2.02. The van der Waals surface area contributed by atoms with Gasteiger partial charge in [0.05, 0.1) is 17.3 Å². The molecular weight excluding hydrogens is 196 g/mol. The first-order valence-corrected chi connectivity index (χ1v) is 4.21. The van der Waals surface area contributed by atoms with E-state index in [2.05, 4.69) is 4.98 Å². The lowest BCUT2D eigenvalue weighted by atomic mass is 10.1. The fourth-order valence-corrected chi connectivity index (χ4v) is 1.28. The van der Waals surface area contributed by atoms with E-state index in [1.807, 2.05) is 0 Å². The monoisotopic (exact) mass is 204 g/mol. The Labute approximate surface area is 85.2 Å². The van der Waals surface area contributed by atoms with E-state index >= 15 is 0 Å². The molecule has 2 rings (SSSR count). The molecule has 2 aromatic rings. The number of rotatable bonds is 2. The van der Waals surface area contributed by atoms with E-state index in [1.54, 1.807) is 12.1 Å². The van der Waals surface area contributed by atoms with E-state index < -0.39 is 5.97 Å². The van der Waals surface area contributed by atoms with Crippen molar-refractivity contribution in [3.05, 3.63) is 36.2 Å². The van der Waals surface area contributed by atoms with Gasteiger partial charge in [0, 0.05) is 5.69 Å². The van der Waals surface area contributed by atoms with Crippen molar-refractivity contribution in [2.75, 3.05) is 5.73 Å². The zero-order chi connectivity index (χ0) is 10.8. The minimum atomic E-state index is -1.06. The summed E-state index contributed by atoms with van der Waals surface area (Å²) >= 11 is 0. The minimum Gasteiger partial charge on any atom is -0.478 e. The van der Waals surface area contributed by atoms with Crippen molar-refractivity contribution in [3.8, 4) is 11.5 Å². The van der Waals surface area contributed by atoms with E-state index in [0.29, 0.717) is 11.3 Å². The van der Waals surface area contributed by atoms with Gasteiger partial charge in [0.15, 0.2) is 0 Å². The Morgan fingerprint density at radius 2 is 2.27 bits per heavy atom. The van der Waals surface area contributed by atoms with Gasteiger partial charge in [0.2, 0.25) is 5.89 Å². The topological polar surface area (TPSA) is 89.4 Å². The second-order valence-corrected chi connectivity index (χ2v) is 2.95. The Bertz CT molecular complexity index is 491. The SMILES string of the molecule is Nc1ccc(-c2ncco2)c(C(=O)O)c1. The number of carboxylic acid groups (broad SMARTS) is 1. The second-order valence-electron chi connectivity index (χ2n) is 2.95. The van der Waals surface area contributed by atoms with Crippen LogP contribution in [-0.4, -0.2) is 16.1 Å². The molecule has 0 aliphatic rings. The van der Waals surface area contributed by atoms with Gasteiger partial charge < -0.3 is 15.3 Å². The largest absolute Gasteiger partial charge is 0.478 e. The van der Waals surface area contributed by atoms with Crippen molar-refractivity contribution in [3.63, 3.8) is 0 Å². The molecule has 3 N–H and O–H groups in total. The summed E-state index contributed by atoms with van der Waals surface area (Å²) < 4.78 is 5.03. The molecule has 0 saturated carbocycles. The maximum Gasteiger partial charge on any atom is 0.336 e. The highest BCUT2D eigenvalue weighted by Gasteiger charge is 2.14. The van der Waals surface area contributed by atoms with Crippen LogP contribution < -0.4 is 5.73 Å². The number of hydrogen-bond acceptors (Lipinski definition) is 4. The van der Waals surface area contributed by atoms with Crippen LogP contribution >= 0.6 is 0 Å². The Kier molecular flexibility index (Phi) is 2.13. The predicted molar refractivity (Wildman–Crippen MR) is 53.3 cm³/mol. The summed E-state index contributed by atoms with van der Waals surface area (Å²) in [6.07, 6.45) is 2.84. The number of carboxylic acids is 1. The first-order valence-electron chi connectivity index (χ1n) is 4.21. The Morgan fingerprint density at radius 1 is 1.47 bits per heavy atom. The summed E-state index contributed by atoms with van der Waals surface area (Å²) in [6.45, 7) is 0. The van der Waals surface area contributed by atoms with Crippen LogP contribution in [0.4, 0.5) is 5.69 Å². The molecule has 0 radical (unpaired) electrons. The number of aromatic carboxylic acids is 1. The highest BCUT2D eigenvalue weighted by molar-refractivity contribution is 5.95. The summed E-state index contributed by atoms with van der Waals surface area (Å²) in [7, 11) is 0. The van der Waals surface area contributed by atoms with Crippen LogP contribution in [0.3, 0.4) is 0 Å². The van der Waals surface area contributed by atoms with Gasteiger partial charge in [-0.05, 0) is 18.2 Å². The zero-order valence-corrected chi connectivity index (χ0v) is 7.68. The molecule has 0 fully saturated rings. The fourth-order valence-electron chi connectivity index (χ4n) is 1.28. The molecule has 0 atom stereocenters. The number of benzene rings is 1. The molecule has 1 aromatic carbocycles. The molecule has 0 saturated heterocycles. The third kappa shape index (κ3) is 1.67. The summed E-state index contributed by atoms with van der Waals surface area (Å²) in [5.41, 5.74) is 6.39. The van der Waals surface area contributed by atoms with Gasteiger partial charge >= 0.3 is 5.97 Å². The third-order valence-electron chi connectivity index (χ3n) is 1.94. The van der Waals surface area contributed by atoms with Crippen molar-refractivity contribution in [1.82, 2.24) is 4.98 Å². The van der Waals surface area contributed by atoms with Crippen molar-refractivity contribution < 1.29 is 14.3 Å². The zero-order valence-electron chi connectivity index (χ0n) is 7.68. The van der Waals surface area contributed by atoms with E-state index in [9.17, 15) is 4.79 Å². The fraction of sp³-hybridized carbons (Fsp3) is 0. The number of anilines is 1. The summed E-state index contributed by atoms with van der Waals surface area (Å²) in [5.74, 6) is -0.789. The molecule has 76 valence electrons. The number of nitrogen functional groups attached to an aromatic ring is 1. The molecule has 0 spiro atoms. The van der Waals surface area contributed by atoms with E-state index in [-0.39, 0.29) is 11.5 Å². The van der Waals surface area contributed by atoms with E-state index in [0.717, 1.165) is 0 Å². The van der Waals surface area contributed by atoms with Crippen molar-refractivity contribution in [1.29, 1.82) is 0 Å². The van der Waals surface area contributed by atoms with Gasteiger partial charge in [-0.15, -0.1) is 0 Å². The van der Waals surface area contributed by atoms with Crippen LogP contribution in [0.1, 0.15) is 10.4 Å². The first kappa shape index (κ1) is 9.26. The average molecular weight is 204 g/mol. The van der Waals surface area contributed by atoms with Gasteiger partial charge in [0.1, 0.15) is 6.26 Å². The third-order valence-corrected chi connectivity index (χ3v) is 1.94. The quantitative estimate of drug-likeness (QED) is 0.725. The van der Waals surface area contributed by atoms with Crippen LogP contribution in [0, 0.1) is 0 Å². The van der Waals surface area contributed by atoms with E-state index in [1.165, 1.54) is 18.5 Å². The van der Waals surface area contributed by atoms with Gasteiger partial charge in [-0.25, -0.2) is 9.78 Å². The molecule has 5 nitrogen and oxygen atoms in total. The molecule has 15 heavy (non-hydrogen) atoms. The first-order chi connectivity index (χ1) is 7.18. The molecule has 5 heteroatoms. The van der Waals surface area contributed by atoms with E-state index in [4.69, 9.17) is 15.3 Å². The standard InChI is InChI=1S/C10H8N2O3/c11-6-1-2-7(8(5-6)10(13)14)9-12-3-4-15-9/h1-5H,11H2,(H,13,14). The minimum absolute atomic E-state index is 0.0810. The van der Waals surface area contributed by atoms with Crippen LogP contribution in [0.25, 0.3) is 11.5 Å². The molecule has 0 aliphatic carbocycles. The lowest BCUT2D eigenvalue weighted by Crippen LogP contribution is -2.01.